The van der Waals surface area contributed by atoms with E-state index in [1.807, 2.05) is 0 Å². The molecule has 0 N–H and O–H groups in total. The summed E-state index contributed by atoms with van der Waals surface area (Å²) in [6.07, 6.45) is 24.9. The van der Waals surface area contributed by atoms with Gasteiger partial charge in [-0.25, -0.2) is 0 Å². The second-order valence-corrected chi connectivity index (χ2v) is 9.37. The minimum Gasteiger partial charge on any atom is -0.198 e. The van der Waals surface area contributed by atoms with Crippen molar-refractivity contribution in [2.24, 2.45) is 0 Å². The molecule has 1 aromatic heterocycles. The summed E-state index contributed by atoms with van der Waals surface area (Å²) in [7, 11) is 0. The summed E-state index contributed by atoms with van der Waals surface area (Å²) in [4.78, 5) is 0. The predicted molar refractivity (Wildman–Crippen MR) is 136 cm³/mol. The molecule has 2 rings (SSSR count). The molecule has 0 aliphatic heterocycles. The summed E-state index contributed by atoms with van der Waals surface area (Å²) in [5.41, 5.74) is 4.50. The van der Waals surface area contributed by atoms with Gasteiger partial charge in [0.2, 0.25) is 0 Å². The molecule has 0 amide bonds. The molecule has 1 aromatic carbocycles. The van der Waals surface area contributed by atoms with Gasteiger partial charge in [0.05, 0.1) is 0 Å². The molecule has 172 valence electrons. The number of rotatable bonds is 17. The van der Waals surface area contributed by atoms with Crippen LogP contribution >= 0.6 is 0 Å². The van der Waals surface area contributed by atoms with E-state index >= 15 is 0 Å². The zero-order chi connectivity index (χ0) is 22.2. The minimum absolute atomic E-state index is 0.439. The Morgan fingerprint density at radius 1 is 0.613 bits per heavy atom. The van der Waals surface area contributed by atoms with Gasteiger partial charge in [0.25, 0.3) is 0 Å². The second kappa shape index (κ2) is 16.1. The van der Waals surface area contributed by atoms with Gasteiger partial charge in [-0.2, -0.15) is 4.57 Å². The lowest BCUT2D eigenvalue weighted by Gasteiger charge is -2.14. The third-order valence-electron chi connectivity index (χ3n) is 6.57. The van der Waals surface area contributed by atoms with Crippen LogP contribution < -0.4 is 4.57 Å². The molecule has 0 saturated heterocycles. The van der Waals surface area contributed by atoms with Gasteiger partial charge in [-0.05, 0) is 31.7 Å². The average molecular weight is 423 g/mol. The monoisotopic (exact) mass is 422 g/mol. The fraction of sp³-hybridized carbons (Fsp3) is 0.633. The molecule has 0 aliphatic rings. The van der Waals surface area contributed by atoms with Crippen LogP contribution in [0, 0.1) is 0 Å². The van der Waals surface area contributed by atoms with Gasteiger partial charge in [0.1, 0.15) is 0 Å². The molecule has 1 atom stereocenters. The van der Waals surface area contributed by atoms with Gasteiger partial charge in [-0.15, -0.1) is 0 Å². The molecular weight excluding hydrogens is 374 g/mol. The fourth-order valence-corrected chi connectivity index (χ4v) is 4.70. The first kappa shape index (κ1) is 25.6. The number of aryl methyl sites for hydroxylation is 2. The molecule has 0 radical (unpaired) electrons. The van der Waals surface area contributed by atoms with Crippen molar-refractivity contribution in [1.82, 2.24) is 0 Å². The molecule has 1 nitrogen and oxygen atoms in total. The summed E-state index contributed by atoms with van der Waals surface area (Å²) in [5.74, 6) is 0. The maximum atomic E-state index is 2.52. The van der Waals surface area contributed by atoms with Gasteiger partial charge >= 0.3 is 0 Å². The van der Waals surface area contributed by atoms with Crippen molar-refractivity contribution >= 4 is 0 Å². The lowest BCUT2D eigenvalue weighted by atomic mass is 10.00. The van der Waals surface area contributed by atoms with Gasteiger partial charge in [-0.1, -0.05) is 115 Å². The Labute approximate surface area is 193 Å². The Bertz CT molecular complexity index is 657. The normalized spacial score (nSPS) is 12.2. The first-order valence-corrected chi connectivity index (χ1v) is 13.4. The van der Waals surface area contributed by atoms with Gasteiger partial charge in [0, 0.05) is 23.1 Å². The quantitative estimate of drug-likeness (QED) is 0.177. The van der Waals surface area contributed by atoms with Crippen molar-refractivity contribution in [3.05, 3.63) is 65.5 Å². The molecule has 1 unspecified atom stereocenters. The molecule has 0 fully saturated rings. The summed E-state index contributed by atoms with van der Waals surface area (Å²) in [5, 5.41) is 0. The number of pyridine rings is 1. The highest BCUT2D eigenvalue weighted by atomic mass is 15.0. The van der Waals surface area contributed by atoms with Crippen molar-refractivity contribution in [3.63, 3.8) is 0 Å². The first-order valence-electron chi connectivity index (χ1n) is 13.4. The number of nitrogens with zero attached hydrogens (tertiary/aromatic N) is 1. The lowest BCUT2D eigenvalue weighted by molar-refractivity contribution is -0.714. The zero-order valence-electron chi connectivity index (χ0n) is 20.7. The van der Waals surface area contributed by atoms with Crippen LogP contribution in [0.2, 0.25) is 0 Å². The fourth-order valence-electron chi connectivity index (χ4n) is 4.70. The summed E-state index contributed by atoms with van der Waals surface area (Å²) >= 11 is 0. The number of hydrogen-bond acceptors (Lipinski definition) is 0. The highest BCUT2D eigenvalue weighted by molar-refractivity contribution is 5.19. The molecule has 0 aliphatic carbocycles. The van der Waals surface area contributed by atoms with Crippen LogP contribution in [-0.4, -0.2) is 0 Å². The highest BCUT2D eigenvalue weighted by Gasteiger charge is 2.20. The summed E-state index contributed by atoms with van der Waals surface area (Å²) < 4.78 is 2.52. The topological polar surface area (TPSA) is 3.88 Å². The van der Waals surface area contributed by atoms with E-state index in [0.29, 0.717) is 6.04 Å². The van der Waals surface area contributed by atoms with Crippen molar-refractivity contribution in [2.45, 2.75) is 123 Å². The molecule has 1 heterocycles. The van der Waals surface area contributed by atoms with E-state index < -0.39 is 0 Å². The van der Waals surface area contributed by atoms with E-state index in [-0.39, 0.29) is 0 Å². The molecule has 1 heteroatoms. The van der Waals surface area contributed by atoms with Crippen molar-refractivity contribution in [2.75, 3.05) is 0 Å². The molecule has 0 saturated carbocycles. The Kier molecular flexibility index (Phi) is 13.3. The van der Waals surface area contributed by atoms with Crippen molar-refractivity contribution in [1.29, 1.82) is 0 Å². The number of unbranched alkanes of at least 4 members (excludes halogenated alkanes) is 10. The first-order chi connectivity index (χ1) is 15.3. The second-order valence-electron chi connectivity index (χ2n) is 9.37. The van der Waals surface area contributed by atoms with Crippen LogP contribution in [0.4, 0.5) is 0 Å². The smallest absolute Gasteiger partial charge is 0.183 e. The average Bonchev–Trinajstić information content (AvgIpc) is 2.80. The Morgan fingerprint density at radius 2 is 1.10 bits per heavy atom. The van der Waals surface area contributed by atoms with Crippen LogP contribution in [-0.2, 0) is 12.8 Å². The van der Waals surface area contributed by atoms with E-state index in [1.165, 1.54) is 107 Å². The van der Waals surface area contributed by atoms with Crippen molar-refractivity contribution in [3.8, 4) is 0 Å². The van der Waals surface area contributed by atoms with Crippen LogP contribution in [0.1, 0.15) is 127 Å². The van der Waals surface area contributed by atoms with E-state index in [9.17, 15) is 0 Å². The number of benzene rings is 1. The maximum absolute atomic E-state index is 2.52. The third-order valence-corrected chi connectivity index (χ3v) is 6.57. The Hall–Kier alpha value is -1.63. The number of hydrogen-bond donors (Lipinski definition) is 0. The van der Waals surface area contributed by atoms with Crippen LogP contribution in [0.5, 0.6) is 0 Å². The maximum Gasteiger partial charge on any atom is 0.183 e. The molecule has 31 heavy (non-hydrogen) atoms. The largest absolute Gasteiger partial charge is 0.198 e. The van der Waals surface area contributed by atoms with Gasteiger partial charge in [-0.3, -0.25) is 0 Å². The van der Waals surface area contributed by atoms with Gasteiger partial charge < -0.3 is 0 Å². The van der Waals surface area contributed by atoms with E-state index in [1.54, 1.807) is 0 Å². The predicted octanol–water partition coefficient (Wildman–Crippen LogP) is 8.78. The molecule has 2 aromatic rings. The van der Waals surface area contributed by atoms with E-state index in [4.69, 9.17) is 0 Å². The SMILES string of the molecule is CCCCCCCCc1cc(CCCCCCCC)c[n+](C(CC)c2ccccc2)c1. The van der Waals surface area contributed by atoms with Crippen LogP contribution in [0.25, 0.3) is 0 Å². The third kappa shape index (κ3) is 10.0. The summed E-state index contributed by atoms with van der Waals surface area (Å²) in [6, 6.07) is 14.0. The number of aromatic nitrogens is 1. The molecular formula is C30H48N+. The summed E-state index contributed by atoms with van der Waals surface area (Å²) in [6.45, 7) is 6.91. The minimum atomic E-state index is 0.439. The standard InChI is InChI=1S/C30H48N/c1-4-7-9-11-13-16-20-27-24-28(21-17-14-12-10-8-5-2)26-31(25-27)30(6-3)29-22-18-15-19-23-29/h15,18-19,22-26,30H,4-14,16-17,20-21H2,1-3H3/q+1. The highest BCUT2D eigenvalue weighted by Crippen LogP contribution is 2.19. The van der Waals surface area contributed by atoms with E-state index in [0.717, 1.165) is 6.42 Å². The van der Waals surface area contributed by atoms with E-state index in [2.05, 4.69) is 74.1 Å². The molecule has 0 bridgehead atoms. The van der Waals surface area contributed by atoms with Crippen LogP contribution in [0.15, 0.2) is 48.8 Å². The zero-order valence-corrected chi connectivity index (χ0v) is 20.7. The lowest BCUT2D eigenvalue weighted by Crippen LogP contribution is -2.40. The van der Waals surface area contributed by atoms with Crippen LogP contribution in [0.3, 0.4) is 0 Å². The Balaban J connectivity index is 2.05. The molecule has 0 spiro atoms. The Morgan fingerprint density at radius 3 is 1.58 bits per heavy atom. The van der Waals surface area contributed by atoms with Gasteiger partial charge in [0.15, 0.2) is 18.4 Å². The van der Waals surface area contributed by atoms with Crippen molar-refractivity contribution < 1.29 is 4.57 Å².